The molecule has 2 heterocycles. The zero-order valence-electron chi connectivity index (χ0n) is 10.0. The molecule has 2 rings (SSSR count). The van der Waals surface area contributed by atoms with E-state index in [9.17, 15) is 5.11 Å². The molecule has 2 aromatic rings. The molecule has 1 atom stereocenters. The standard InChI is InChI=1S/C11H15N3O2S/c1-4-14-9(8(16-3)5-12-14)10(15)11-13-7(2)6-17-11/h5-6,10,15H,4H2,1-3H3. The molecule has 17 heavy (non-hydrogen) atoms. The summed E-state index contributed by atoms with van der Waals surface area (Å²) in [4.78, 5) is 4.29. The van der Waals surface area contributed by atoms with Crippen LogP contribution in [0, 0.1) is 6.92 Å². The van der Waals surface area contributed by atoms with Crippen LogP contribution in [0.5, 0.6) is 5.75 Å². The average molecular weight is 253 g/mol. The van der Waals surface area contributed by atoms with Gasteiger partial charge in [0.05, 0.1) is 13.3 Å². The Hall–Kier alpha value is -1.40. The molecule has 0 aliphatic carbocycles. The lowest BCUT2D eigenvalue weighted by Crippen LogP contribution is -2.10. The van der Waals surface area contributed by atoms with E-state index < -0.39 is 6.10 Å². The van der Waals surface area contributed by atoms with Gasteiger partial charge in [0.15, 0.2) is 11.9 Å². The summed E-state index contributed by atoms with van der Waals surface area (Å²) in [5.41, 5.74) is 1.56. The van der Waals surface area contributed by atoms with Gasteiger partial charge in [0.25, 0.3) is 0 Å². The number of aromatic nitrogens is 3. The number of methoxy groups -OCH3 is 1. The molecule has 0 spiro atoms. The summed E-state index contributed by atoms with van der Waals surface area (Å²) in [5.74, 6) is 0.590. The summed E-state index contributed by atoms with van der Waals surface area (Å²) in [5, 5.41) is 17.1. The fourth-order valence-corrected chi connectivity index (χ4v) is 2.46. The van der Waals surface area contributed by atoms with Gasteiger partial charge >= 0.3 is 0 Å². The van der Waals surface area contributed by atoms with Crippen LogP contribution in [-0.4, -0.2) is 27.0 Å². The van der Waals surface area contributed by atoms with E-state index in [-0.39, 0.29) is 0 Å². The maximum atomic E-state index is 10.3. The van der Waals surface area contributed by atoms with E-state index in [2.05, 4.69) is 10.1 Å². The van der Waals surface area contributed by atoms with Gasteiger partial charge in [0.2, 0.25) is 0 Å². The summed E-state index contributed by atoms with van der Waals surface area (Å²) >= 11 is 1.44. The van der Waals surface area contributed by atoms with Gasteiger partial charge < -0.3 is 9.84 Å². The number of ether oxygens (including phenoxy) is 1. The van der Waals surface area contributed by atoms with Crippen molar-refractivity contribution >= 4 is 11.3 Å². The zero-order chi connectivity index (χ0) is 12.4. The van der Waals surface area contributed by atoms with E-state index in [4.69, 9.17) is 4.74 Å². The Bertz CT molecular complexity index is 485. The van der Waals surface area contributed by atoms with E-state index in [0.29, 0.717) is 23.0 Å². The normalized spacial score (nSPS) is 12.7. The Balaban J connectivity index is 2.41. The average Bonchev–Trinajstić information content (AvgIpc) is 2.93. The SMILES string of the molecule is CCn1ncc(OC)c1C(O)c1nc(C)cs1. The van der Waals surface area contributed by atoms with Crippen LogP contribution in [0.15, 0.2) is 11.6 Å². The zero-order valence-corrected chi connectivity index (χ0v) is 10.9. The molecular weight excluding hydrogens is 238 g/mol. The van der Waals surface area contributed by atoms with Crippen molar-refractivity contribution in [3.8, 4) is 5.75 Å². The molecule has 0 aliphatic rings. The first-order valence-electron chi connectivity index (χ1n) is 5.37. The Morgan fingerprint density at radius 2 is 2.35 bits per heavy atom. The highest BCUT2D eigenvalue weighted by molar-refractivity contribution is 7.09. The molecule has 0 aliphatic heterocycles. The highest BCUT2D eigenvalue weighted by Crippen LogP contribution is 2.31. The van der Waals surface area contributed by atoms with Crippen LogP contribution < -0.4 is 4.74 Å². The highest BCUT2D eigenvalue weighted by atomic mass is 32.1. The van der Waals surface area contributed by atoms with Gasteiger partial charge in [-0.3, -0.25) is 4.68 Å². The molecule has 1 unspecified atom stereocenters. The lowest BCUT2D eigenvalue weighted by molar-refractivity contribution is 0.202. The molecule has 92 valence electrons. The smallest absolute Gasteiger partial charge is 0.163 e. The third-order valence-electron chi connectivity index (χ3n) is 2.49. The van der Waals surface area contributed by atoms with Crippen LogP contribution >= 0.6 is 11.3 Å². The minimum absolute atomic E-state index is 0.590. The Kier molecular flexibility index (Phi) is 3.44. The molecule has 0 aromatic carbocycles. The predicted octanol–water partition coefficient (Wildman–Crippen LogP) is 1.76. The van der Waals surface area contributed by atoms with E-state index >= 15 is 0 Å². The summed E-state index contributed by atoms with van der Waals surface area (Å²) in [6, 6.07) is 0. The largest absolute Gasteiger partial charge is 0.493 e. The van der Waals surface area contributed by atoms with Gasteiger partial charge in [-0.05, 0) is 13.8 Å². The number of aliphatic hydroxyl groups is 1. The second-order valence-electron chi connectivity index (χ2n) is 3.64. The van der Waals surface area contributed by atoms with Crippen molar-refractivity contribution in [2.24, 2.45) is 0 Å². The molecule has 0 bridgehead atoms. The van der Waals surface area contributed by atoms with Crippen LogP contribution in [0.2, 0.25) is 0 Å². The van der Waals surface area contributed by atoms with Gasteiger partial charge in [0, 0.05) is 17.6 Å². The molecule has 0 fully saturated rings. The molecule has 0 saturated heterocycles. The van der Waals surface area contributed by atoms with Crippen molar-refractivity contribution in [2.45, 2.75) is 26.5 Å². The summed E-state index contributed by atoms with van der Waals surface area (Å²) < 4.78 is 6.93. The maximum absolute atomic E-state index is 10.3. The summed E-state index contributed by atoms with van der Waals surface area (Å²) in [6.07, 6.45) is 0.828. The summed E-state index contributed by atoms with van der Waals surface area (Å²) in [6.45, 7) is 4.55. The first-order chi connectivity index (χ1) is 8.17. The number of hydrogen-bond donors (Lipinski definition) is 1. The number of hydrogen-bond acceptors (Lipinski definition) is 5. The van der Waals surface area contributed by atoms with Crippen LogP contribution in [-0.2, 0) is 6.54 Å². The number of thiazole rings is 1. The molecular formula is C11H15N3O2S. The first-order valence-corrected chi connectivity index (χ1v) is 6.25. The lowest BCUT2D eigenvalue weighted by atomic mass is 10.2. The molecule has 5 nitrogen and oxygen atoms in total. The Labute approximate surface area is 104 Å². The van der Waals surface area contributed by atoms with Crippen LogP contribution in [0.3, 0.4) is 0 Å². The van der Waals surface area contributed by atoms with Gasteiger partial charge in [-0.2, -0.15) is 5.10 Å². The number of aryl methyl sites for hydroxylation is 2. The molecule has 2 aromatic heterocycles. The van der Waals surface area contributed by atoms with Crippen molar-refractivity contribution in [1.82, 2.24) is 14.8 Å². The van der Waals surface area contributed by atoms with Crippen molar-refractivity contribution in [3.05, 3.63) is 28.0 Å². The monoisotopic (exact) mass is 253 g/mol. The van der Waals surface area contributed by atoms with Gasteiger partial charge in [-0.1, -0.05) is 0 Å². The number of aliphatic hydroxyl groups excluding tert-OH is 1. The van der Waals surface area contributed by atoms with Crippen LogP contribution in [0.1, 0.15) is 29.4 Å². The van der Waals surface area contributed by atoms with Crippen LogP contribution in [0.4, 0.5) is 0 Å². The van der Waals surface area contributed by atoms with Gasteiger partial charge in [-0.15, -0.1) is 11.3 Å². The van der Waals surface area contributed by atoms with E-state index in [1.807, 2.05) is 19.2 Å². The molecule has 0 radical (unpaired) electrons. The van der Waals surface area contributed by atoms with E-state index in [1.165, 1.54) is 11.3 Å². The maximum Gasteiger partial charge on any atom is 0.163 e. The van der Waals surface area contributed by atoms with Crippen molar-refractivity contribution in [3.63, 3.8) is 0 Å². The quantitative estimate of drug-likeness (QED) is 0.902. The molecule has 0 amide bonds. The van der Waals surface area contributed by atoms with Crippen molar-refractivity contribution in [2.75, 3.05) is 7.11 Å². The Morgan fingerprint density at radius 1 is 1.59 bits per heavy atom. The highest BCUT2D eigenvalue weighted by Gasteiger charge is 2.23. The lowest BCUT2D eigenvalue weighted by Gasteiger charge is -2.11. The predicted molar refractivity (Wildman–Crippen MR) is 65.4 cm³/mol. The van der Waals surface area contributed by atoms with E-state index in [1.54, 1.807) is 18.0 Å². The molecule has 0 saturated carbocycles. The second kappa shape index (κ2) is 4.85. The third kappa shape index (κ3) is 2.18. The minimum Gasteiger partial charge on any atom is -0.493 e. The van der Waals surface area contributed by atoms with Gasteiger partial charge in [0.1, 0.15) is 10.7 Å². The summed E-state index contributed by atoms with van der Waals surface area (Å²) in [7, 11) is 1.57. The molecule has 1 N–H and O–H groups in total. The van der Waals surface area contributed by atoms with Crippen molar-refractivity contribution < 1.29 is 9.84 Å². The fourth-order valence-electron chi connectivity index (χ4n) is 1.68. The van der Waals surface area contributed by atoms with E-state index in [0.717, 1.165) is 5.69 Å². The fraction of sp³-hybridized carbons (Fsp3) is 0.455. The molecule has 6 heteroatoms. The topological polar surface area (TPSA) is 60.2 Å². The van der Waals surface area contributed by atoms with Crippen molar-refractivity contribution in [1.29, 1.82) is 0 Å². The van der Waals surface area contributed by atoms with Gasteiger partial charge in [-0.25, -0.2) is 4.98 Å². The Morgan fingerprint density at radius 3 is 2.88 bits per heavy atom. The first kappa shape index (κ1) is 12.1. The third-order valence-corrected chi connectivity index (χ3v) is 3.51. The minimum atomic E-state index is -0.786. The second-order valence-corrected chi connectivity index (χ2v) is 4.53. The number of nitrogens with zero attached hydrogens (tertiary/aromatic N) is 3. The van der Waals surface area contributed by atoms with Crippen LogP contribution in [0.25, 0.3) is 0 Å². The number of rotatable bonds is 4.